The van der Waals surface area contributed by atoms with Crippen LogP contribution in [-0.4, -0.2) is 38.4 Å². The molecule has 0 saturated carbocycles. The minimum absolute atomic E-state index is 0.0747. The van der Waals surface area contributed by atoms with Gasteiger partial charge in [-0.2, -0.15) is 4.98 Å². The lowest BCUT2D eigenvalue weighted by molar-refractivity contribution is -0.139. The first-order valence-electron chi connectivity index (χ1n) is 10.2. The van der Waals surface area contributed by atoms with Crippen LogP contribution in [0.3, 0.4) is 0 Å². The standard InChI is InChI=1S/C23H21ClN4O4S/c1-3-32-21(31)18-13(2)25-22-26-23(33-12-14-8-4-7-11-17(14)24)27-28(22)19(18)15-9-5-6-10-16(15)20(29)30/h4-11,19H,3,12H2,1-2H3,(H,29,30)(H,25,26,27). The van der Waals surface area contributed by atoms with E-state index in [1.54, 1.807) is 32.0 Å². The second-order valence-corrected chi connectivity index (χ2v) is 8.57. The molecular formula is C23H21ClN4O4S. The second kappa shape index (κ2) is 9.68. The van der Waals surface area contributed by atoms with Gasteiger partial charge in [-0.15, -0.1) is 5.10 Å². The van der Waals surface area contributed by atoms with Crippen molar-refractivity contribution < 1.29 is 19.4 Å². The molecule has 0 amide bonds. The van der Waals surface area contributed by atoms with Crippen LogP contribution in [0.2, 0.25) is 5.02 Å². The Morgan fingerprint density at radius 1 is 1.21 bits per heavy atom. The summed E-state index contributed by atoms with van der Waals surface area (Å²) in [6, 6.07) is 13.3. The summed E-state index contributed by atoms with van der Waals surface area (Å²) in [6.45, 7) is 3.64. The molecule has 33 heavy (non-hydrogen) atoms. The van der Waals surface area contributed by atoms with E-state index in [0.717, 1.165) is 5.56 Å². The second-order valence-electron chi connectivity index (χ2n) is 7.22. The molecule has 0 spiro atoms. The van der Waals surface area contributed by atoms with Gasteiger partial charge < -0.3 is 15.2 Å². The lowest BCUT2D eigenvalue weighted by Gasteiger charge is -2.28. The number of aromatic carboxylic acids is 1. The average Bonchev–Trinajstić information content (AvgIpc) is 3.20. The molecule has 1 aliphatic heterocycles. The summed E-state index contributed by atoms with van der Waals surface area (Å²) in [5, 5.41) is 18.6. The molecule has 2 aromatic carbocycles. The number of aromatic nitrogens is 3. The van der Waals surface area contributed by atoms with Crippen LogP contribution in [0.5, 0.6) is 0 Å². The molecule has 8 nitrogen and oxygen atoms in total. The summed E-state index contributed by atoms with van der Waals surface area (Å²) in [5.74, 6) is -0.678. The van der Waals surface area contributed by atoms with Crippen molar-refractivity contribution in [1.82, 2.24) is 14.8 Å². The number of ether oxygens (including phenoxy) is 1. The van der Waals surface area contributed by atoms with E-state index in [0.29, 0.717) is 33.1 Å². The number of carbonyl (C=O) groups is 2. The fourth-order valence-corrected chi connectivity index (χ4v) is 4.76. The predicted molar refractivity (Wildman–Crippen MR) is 126 cm³/mol. The van der Waals surface area contributed by atoms with Crippen molar-refractivity contribution in [2.45, 2.75) is 30.8 Å². The molecule has 0 radical (unpaired) electrons. The zero-order valence-corrected chi connectivity index (χ0v) is 19.5. The maximum Gasteiger partial charge on any atom is 0.338 e. The Morgan fingerprint density at radius 3 is 2.67 bits per heavy atom. The molecule has 4 rings (SSSR count). The highest BCUT2D eigenvalue weighted by Crippen LogP contribution is 2.38. The summed E-state index contributed by atoms with van der Waals surface area (Å²) in [6.07, 6.45) is 0. The number of carbonyl (C=O) groups excluding carboxylic acids is 1. The Labute approximate surface area is 199 Å². The first kappa shape index (κ1) is 22.9. The van der Waals surface area contributed by atoms with Crippen molar-refractivity contribution in [3.63, 3.8) is 0 Å². The summed E-state index contributed by atoms with van der Waals surface area (Å²) in [4.78, 5) is 29.4. The summed E-state index contributed by atoms with van der Waals surface area (Å²) >= 11 is 7.65. The minimum Gasteiger partial charge on any atom is -0.478 e. The SMILES string of the molecule is CCOC(=O)C1=C(C)Nc2nc(SCc3ccccc3Cl)nn2C1c1ccccc1C(=O)O. The van der Waals surface area contributed by atoms with Crippen LogP contribution >= 0.6 is 23.4 Å². The number of nitrogens with zero attached hydrogens (tertiary/aromatic N) is 3. The highest BCUT2D eigenvalue weighted by molar-refractivity contribution is 7.98. The number of carboxylic acids is 1. The Balaban J connectivity index is 1.77. The Hall–Kier alpha value is -3.30. The maximum atomic E-state index is 12.9. The van der Waals surface area contributed by atoms with Crippen molar-refractivity contribution in [2.24, 2.45) is 0 Å². The number of halogens is 1. The molecule has 1 atom stereocenters. The topological polar surface area (TPSA) is 106 Å². The van der Waals surface area contributed by atoms with Crippen molar-refractivity contribution in [3.05, 3.63) is 81.5 Å². The van der Waals surface area contributed by atoms with Crippen LogP contribution in [0.15, 0.2) is 65.0 Å². The van der Waals surface area contributed by atoms with Gasteiger partial charge in [0.05, 0.1) is 17.7 Å². The Morgan fingerprint density at radius 2 is 1.94 bits per heavy atom. The third-order valence-electron chi connectivity index (χ3n) is 5.13. The Bertz CT molecular complexity index is 1260. The average molecular weight is 485 g/mol. The Kier molecular flexibility index (Phi) is 6.71. The number of carboxylic acid groups (broad SMARTS) is 1. The molecule has 0 bridgehead atoms. The molecule has 0 aliphatic carbocycles. The van der Waals surface area contributed by atoms with Gasteiger partial charge in [0.15, 0.2) is 0 Å². The van der Waals surface area contributed by atoms with E-state index in [2.05, 4.69) is 15.4 Å². The van der Waals surface area contributed by atoms with Crippen LogP contribution in [0, 0.1) is 0 Å². The van der Waals surface area contributed by atoms with Gasteiger partial charge in [0.1, 0.15) is 6.04 Å². The number of esters is 1. The number of hydrogen-bond donors (Lipinski definition) is 2. The highest BCUT2D eigenvalue weighted by Gasteiger charge is 2.37. The molecule has 2 N–H and O–H groups in total. The number of fused-ring (bicyclic) bond motifs is 1. The van der Waals surface area contributed by atoms with Crippen LogP contribution < -0.4 is 5.32 Å². The van der Waals surface area contributed by atoms with Crippen LogP contribution in [0.4, 0.5) is 5.95 Å². The molecule has 170 valence electrons. The summed E-state index contributed by atoms with van der Waals surface area (Å²) in [5.41, 5.74) is 2.25. The van der Waals surface area contributed by atoms with E-state index in [9.17, 15) is 14.7 Å². The number of thioether (sulfide) groups is 1. The molecule has 3 aromatic rings. The lowest BCUT2D eigenvalue weighted by Crippen LogP contribution is -2.30. The van der Waals surface area contributed by atoms with Gasteiger partial charge in [-0.3, -0.25) is 0 Å². The monoisotopic (exact) mass is 484 g/mol. The number of rotatable bonds is 7. The van der Waals surface area contributed by atoms with E-state index in [4.69, 9.17) is 16.3 Å². The van der Waals surface area contributed by atoms with E-state index in [-0.39, 0.29) is 17.7 Å². The first-order chi connectivity index (χ1) is 15.9. The number of nitrogens with one attached hydrogen (secondary N) is 1. The fraction of sp³-hybridized carbons (Fsp3) is 0.217. The molecule has 1 unspecified atom stereocenters. The smallest absolute Gasteiger partial charge is 0.338 e. The zero-order valence-electron chi connectivity index (χ0n) is 17.9. The lowest BCUT2D eigenvalue weighted by atomic mass is 9.92. The minimum atomic E-state index is -1.10. The summed E-state index contributed by atoms with van der Waals surface area (Å²) < 4.78 is 6.82. The number of allylic oxidation sites excluding steroid dienone is 1. The predicted octanol–water partition coefficient (Wildman–Crippen LogP) is 4.77. The normalized spacial score (nSPS) is 15.1. The molecule has 2 heterocycles. The molecular weight excluding hydrogens is 464 g/mol. The van der Waals surface area contributed by atoms with E-state index in [1.807, 2.05) is 24.3 Å². The molecule has 0 fully saturated rings. The van der Waals surface area contributed by atoms with Crippen molar-refractivity contribution in [3.8, 4) is 0 Å². The largest absolute Gasteiger partial charge is 0.478 e. The van der Waals surface area contributed by atoms with E-state index >= 15 is 0 Å². The highest BCUT2D eigenvalue weighted by atomic mass is 35.5. The van der Waals surface area contributed by atoms with Gasteiger partial charge in [0, 0.05) is 16.5 Å². The zero-order chi connectivity index (χ0) is 23.5. The van der Waals surface area contributed by atoms with Crippen LogP contribution in [0.25, 0.3) is 0 Å². The van der Waals surface area contributed by atoms with Gasteiger partial charge in [-0.1, -0.05) is 59.8 Å². The van der Waals surface area contributed by atoms with Gasteiger partial charge in [0.2, 0.25) is 11.1 Å². The quantitative estimate of drug-likeness (QED) is 0.364. The van der Waals surface area contributed by atoms with E-state index in [1.165, 1.54) is 22.5 Å². The molecule has 0 saturated heterocycles. The first-order valence-corrected chi connectivity index (χ1v) is 11.6. The van der Waals surface area contributed by atoms with Gasteiger partial charge in [-0.25, -0.2) is 14.3 Å². The molecule has 1 aromatic heterocycles. The van der Waals surface area contributed by atoms with Crippen molar-refractivity contribution >= 4 is 41.2 Å². The summed E-state index contributed by atoms with van der Waals surface area (Å²) in [7, 11) is 0. The molecule has 1 aliphatic rings. The van der Waals surface area contributed by atoms with Gasteiger partial charge in [0.25, 0.3) is 0 Å². The van der Waals surface area contributed by atoms with Gasteiger partial charge in [-0.05, 0) is 37.1 Å². The van der Waals surface area contributed by atoms with Crippen LogP contribution in [0.1, 0.15) is 41.4 Å². The van der Waals surface area contributed by atoms with Crippen molar-refractivity contribution in [2.75, 3.05) is 11.9 Å². The van der Waals surface area contributed by atoms with Crippen molar-refractivity contribution in [1.29, 1.82) is 0 Å². The third-order valence-corrected chi connectivity index (χ3v) is 6.38. The maximum absolute atomic E-state index is 12.9. The van der Waals surface area contributed by atoms with Gasteiger partial charge >= 0.3 is 11.9 Å². The number of anilines is 1. The number of hydrogen-bond acceptors (Lipinski definition) is 7. The van der Waals surface area contributed by atoms with Crippen LogP contribution in [-0.2, 0) is 15.3 Å². The third kappa shape index (κ3) is 4.60. The fourth-order valence-electron chi connectivity index (χ4n) is 3.64. The molecule has 10 heteroatoms. The van der Waals surface area contributed by atoms with E-state index < -0.39 is 18.0 Å². The number of benzene rings is 2.